The van der Waals surface area contributed by atoms with Crippen molar-refractivity contribution in [1.82, 2.24) is 9.88 Å². The minimum Gasteiger partial charge on any atom is -0.497 e. The third kappa shape index (κ3) is 5.66. The third-order valence-corrected chi connectivity index (χ3v) is 6.72. The molecule has 2 aromatic carbocycles. The van der Waals surface area contributed by atoms with E-state index in [0.29, 0.717) is 12.1 Å². The van der Waals surface area contributed by atoms with E-state index in [1.54, 1.807) is 18.9 Å². The molecule has 1 aromatic heterocycles. The van der Waals surface area contributed by atoms with E-state index in [-0.39, 0.29) is 18.3 Å². The Labute approximate surface area is 192 Å². The summed E-state index contributed by atoms with van der Waals surface area (Å²) in [6, 6.07) is 13.6. The summed E-state index contributed by atoms with van der Waals surface area (Å²) in [4.78, 5) is 23.4. The lowest BCUT2D eigenvalue weighted by atomic mass is 10.2. The van der Waals surface area contributed by atoms with Crippen molar-refractivity contribution in [3.63, 3.8) is 0 Å². The number of amides is 1. The van der Waals surface area contributed by atoms with Gasteiger partial charge in [0.25, 0.3) is 5.91 Å². The number of rotatable bonds is 9. The summed E-state index contributed by atoms with van der Waals surface area (Å²) in [6.07, 6.45) is 2.03. The maximum atomic E-state index is 13.4. The number of thiazole rings is 1. The second kappa shape index (κ2) is 11.6. The maximum Gasteiger partial charge on any atom is 0.260 e. The molecule has 0 radical (unpaired) electrons. The van der Waals surface area contributed by atoms with Gasteiger partial charge in [0.15, 0.2) is 5.13 Å². The second-order valence-corrected chi connectivity index (χ2v) is 8.43. The summed E-state index contributed by atoms with van der Waals surface area (Å²) < 4.78 is 6.34. The number of benzene rings is 2. The first kappa shape index (κ1) is 24.5. The summed E-state index contributed by atoms with van der Waals surface area (Å²) in [7, 11) is 1.65. The molecule has 0 N–H and O–H groups in total. The van der Waals surface area contributed by atoms with Crippen LogP contribution >= 0.6 is 35.5 Å². The van der Waals surface area contributed by atoms with Gasteiger partial charge in [-0.15, -0.1) is 24.2 Å². The van der Waals surface area contributed by atoms with Gasteiger partial charge in [-0.3, -0.25) is 9.69 Å². The van der Waals surface area contributed by atoms with Gasteiger partial charge in [0.1, 0.15) is 5.75 Å². The van der Waals surface area contributed by atoms with Crippen molar-refractivity contribution >= 4 is 56.8 Å². The Kier molecular flexibility index (Phi) is 9.42. The zero-order chi connectivity index (χ0) is 20.8. The fourth-order valence-corrected chi connectivity index (χ4v) is 4.52. The van der Waals surface area contributed by atoms with Gasteiger partial charge < -0.3 is 9.64 Å². The van der Waals surface area contributed by atoms with Crippen LogP contribution in [0.3, 0.4) is 0 Å². The number of fused-ring (bicyclic) bond motifs is 1. The van der Waals surface area contributed by atoms with Crippen LogP contribution in [-0.2, 0) is 0 Å². The molecule has 0 unspecified atom stereocenters. The Morgan fingerprint density at radius 1 is 1.10 bits per heavy atom. The minimum atomic E-state index is -0.0177. The predicted octanol–water partition coefficient (Wildman–Crippen LogP) is 5.44. The number of thioether (sulfide) groups is 1. The molecule has 0 bridgehead atoms. The van der Waals surface area contributed by atoms with E-state index >= 15 is 0 Å². The predicted molar refractivity (Wildman–Crippen MR) is 131 cm³/mol. The summed E-state index contributed by atoms with van der Waals surface area (Å²) >= 11 is 3.19. The van der Waals surface area contributed by atoms with Gasteiger partial charge in [-0.05, 0) is 61.8 Å². The molecule has 0 spiro atoms. The van der Waals surface area contributed by atoms with E-state index in [4.69, 9.17) is 9.72 Å². The first-order valence-electron chi connectivity index (χ1n) is 9.72. The fourth-order valence-electron chi connectivity index (χ4n) is 3.09. The molecule has 0 aliphatic heterocycles. The highest BCUT2D eigenvalue weighted by Crippen LogP contribution is 2.32. The molecule has 5 nitrogen and oxygen atoms in total. The summed E-state index contributed by atoms with van der Waals surface area (Å²) in [5.74, 6) is 0.775. The van der Waals surface area contributed by atoms with Crippen molar-refractivity contribution in [2.45, 2.75) is 18.7 Å². The number of likely N-dealkylation sites (N-methyl/N-ethyl adjacent to an activating group) is 1. The van der Waals surface area contributed by atoms with E-state index in [1.807, 2.05) is 53.6 Å². The van der Waals surface area contributed by atoms with Crippen LogP contribution in [0.15, 0.2) is 47.4 Å². The molecular weight excluding hydrogens is 438 g/mol. The zero-order valence-corrected chi connectivity index (χ0v) is 20.2. The van der Waals surface area contributed by atoms with Crippen LogP contribution in [0.4, 0.5) is 5.13 Å². The van der Waals surface area contributed by atoms with E-state index in [2.05, 4.69) is 18.7 Å². The number of hydrogen-bond donors (Lipinski definition) is 0. The van der Waals surface area contributed by atoms with Crippen molar-refractivity contribution in [2.75, 3.05) is 44.4 Å². The highest BCUT2D eigenvalue weighted by atomic mass is 35.5. The number of carbonyl (C=O) groups excluding carboxylic acids is 1. The van der Waals surface area contributed by atoms with Crippen LogP contribution in [0.2, 0.25) is 0 Å². The van der Waals surface area contributed by atoms with E-state index in [0.717, 1.165) is 45.6 Å². The molecule has 3 rings (SSSR count). The topological polar surface area (TPSA) is 45.7 Å². The number of ether oxygens (including phenoxy) is 1. The van der Waals surface area contributed by atoms with Crippen molar-refractivity contribution in [3.05, 3.63) is 48.0 Å². The van der Waals surface area contributed by atoms with Gasteiger partial charge in [0.2, 0.25) is 0 Å². The average molecular weight is 466 g/mol. The van der Waals surface area contributed by atoms with Gasteiger partial charge in [-0.1, -0.05) is 25.2 Å². The number of aromatic nitrogens is 1. The Balaban J connectivity index is 0.00000320. The smallest absolute Gasteiger partial charge is 0.260 e. The monoisotopic (exact) mass is 465 g/mol. The van der Waals surface area contributed by atoms with Crippen LogP contribution in [-0.4, -0.2) is 55.3 Å². The average Bonchev–Trinajstić information content (AvgIpc) is 3.19. The molecule has 0 fully saturated rings. The molecule has 1 heterocycles. The number of carbonyl (C=O) groups is 1. The van der Waals surface area contributed by atoms with Crippen molar-refractivity contribution in [2.24, 2.45) is 0 Å². The molecule has 162 valence electrons. The fraction of sp³-hybridized carbons (Fsp3) is 0.364. The number of nitrogens with zero attached hydrogens (tertiary/aromatic N) is 3. The normalized spacial score (nSPS) is 10.8. The molecule has 8 heteroatoms. The first-order valence-corrected chi connectivity index (χ1v) is 11.8. The molecule has 0 atom stereocenters. The lowest BCUT2D eigenvalue weighted by Crippen LogP contribution is -2.38. The highest BCUT2D eigenvalue weighted by molar-refractivity contribution is 7.98. The Morgan fingerprint density at radius 3 is 2.40 bits per heavy atom. The van der Waals surface area contributed by atoms with E-state index < -0.39 is 0 Å². The van der Waals surface area contributed by atoms with E-state index in [1.165, 1.54) is 11.3 Å². The molecule has 0 aliphatic carbocycles. The Bertz CT molecular complexity index is 959. The molecule has 1 amide bonds. The number of anilines is 1. The number of methoxy groups -OCH3 is 1. The maximum absolute atomic E-state index is 13.4. The quantitative estimate of drug-likeness (QED) is 0.394. The summed E-state index contributed by atoms with van der Waals surface area (Å²) in [5.41, 5.74) is 1.56. The zero-order valence-electron chi connectivity index (χ0n) is 17.8. The minimum absolute atomic E-state index is 0. The van der Waals surface area contributed by atoms with Gasteiger partial charge in [-0.25, -0.2) is 4.98 Å². The van der Waals surface area contributed by atoms with Crippen LogP contribution < -0.4 is 9.64 Å². The number of halogens is 1. The van der Waals surface area contributed by atoms with Crippen LogP contribution in [0.25, 0.3) is 10.2 Å². The van der Waals surface area contributed by atoms with E-state index in [9.17, 15) is 4.79 Å². The number of hydrogen-bond acceptors (Lipinski definition) is 6. The van der Waals surface area contributed by atoms with Gasteiger partial charge >= 0.3 is 0 Å². The highest BCUT2D eigenvalue weighted by Gasteiger charge is 2.22. The molecular formula is C22H28ClN3O2S2. The van der Waals surface area contributed by atoms with Crippen LogP contribution in [0.5, 0.6) is 5.75 Å². The SMILES string of the molecule is CCN(CC)CCN(C(=O)c1ccc(SC)cc1)c1nc2ccc(OC)cc2s1.Cl. The lowest BCUT2D eigenvalue weighted by Gasteiger charge is -2.24. The van der Waals surface area contributed by atoms with Crippen molar-refractivity contribution in [1.29, 1.82) is 0 Å². The molecule has 0 saturated heterocycles. The molecule has 0 aliphatic rings. The molecule has 30 heavy (non-hydrogen) atoms. The van der Waals surface area contributed by atoms with Gasteiger partial charge in [0.05, 0.1) is 17.3 Å². The lowest BCUT2D eigenvalue weighted by molar-refractivity contribution is 0.0983. The van der Waals surface area contributed by atoms with Crippen molar-refractivity contribution < 1.29 is 9.53 Å². The van der Waals surface area contributed by atoms with Crippen LogP contribution in [0.1, 0.15) is 24.2 Å². The Morgan fingerprint density at radius 2 is 1.80 bits per heavy atom. The van der Waals surface area contributed by atoms with Gasteiger partial charge in [-0.2, -0.15) is 0 Å². The second-order valence-electron chi connectivity index (χ2n) is 6.54. The van der Waals surface area contributed by atoms with Crippen molar-refractivity contribution in [3.8, 4) is 5.75 Å². The molecule has 0 saturated carbocycles. The Hall–Kier alpha value is -1.80. The summed E-state index contributed by atoms with van der Waals surface area (Å²) in [6.45, 7) is 7.60. The van der Waals surface area contributed by atoms with Gasteiger partial charge in [0, 0.05) is 23.5 Å². The molecule has 3 aromatic rings. The standard InChI is InChI=1S/C22H27N3O2S2.ClH/c1-5-24(6-2)13-14-25(21(26)16-7-10-18(28-4)11-8-16)22-23-19-12-9-17(27-3)15-20(19)29-22;/h7-12,15H,5-6,13-14H2,1-4H3;1H. The first-order chi connectivity index (χ1) is 14.1. The summed E-state index contributed by atoms with van der Waals surface area (Å²) in [5, 5.41) is 0.722. The largest absolute Gasteiger partial charge is 0.497 e. The third-order valence-electron chi connectivity index (χ3n) is 4.93. The van der Waals surface area contributed by atoms with Crippen LogP contribution in [0, 0.1) is 0 Å².